The Balaban J connectivity index is 1.50. The van der Waals surface area contributed by atoms with Gasteiger partial charge in [0.05, 0.1) is 5.69 Å². The van der Waals surface area contributed by atoms with Crippen molar-refractivity contribution in [1.82, 2.24) is 19.8 Å². The Hall–Kier alpha value is -2.59. The number of nitrogens with zero attached hydrogens (tertiary/aromatic N) is 4. The number of rotatable bonds is 8. The van der Waals surface area contributed by atoms with E-state index in [2.05, 4.69) is 42.2 Å². The number of nitrogens with one attached hydrogen (secondary N) is 2. The third-order valence-electron chi connectivity index (χ3n) is 6.36. The Bertz CT molecular complexity index is 927. The second-order valence-electron chi connectivity index (χ2n) is 9.09. The SMILES string of the molecule is CN1CCN(CCNc2cc(-c3cccc(OC(F)(F)F)c3)nc(NC3CCCCC3)n2)CC1. The zero-order chi connectivity index (χ0) is 24.0. The number of halogens is 3. The number of likely N-dealkylation sites (N-methyl/N-ethyl adjacent to an activating group) is 1. The Morgan fingerprint density at radius 1 is 1.03 bits per heavy atom. The minimum absolute atomic E-state index is 0.269. The molecule has 10 heteroatoms. The van der Waals surface area contributed by atoms with E-state index in [-0.39, 0.29) is 5.75 Å². The summed E-state index contributed by atoms with van der Waals surface area (Å²) < 4.78 is 42.2. The number of ether oxygens (including phenoxy) is 1. The Morgan fingerprint density at radius 2 is 1.79 bits per heavy atom. The van der Waals surface area contributed by atoms with Crippen LogP contribution in [0.25, 0.3) is 11.3 Å². The highest BCUT2D eigenvalue weighted by Gasteiger charge is 2.31. The van der Waals surface area contributed by atoms with Crippen LogP contribution < -0.4 is 15.4 Å². The molecule has 2 heterocycles. The molecule has 1 aliphatic heterocycles. The number of hydrogen-bond donors (Lipinski definition) is 2. The molecule has 1 saturated heterocycles. The topological polar surface area (TPSA) is 65.5 Å². The average Bonchev–Trinajstić information content (AvgIpc) is 2.80. The fraction of sp³-hybridized carbons (Fsp3) is 0.583. The van der Waals surface area contributed by atoms with Gasteiger partial charge in [0, 0.05) is 56.9 Å². The van der Waals surface area contributed by atoms with Crippen molar-refractivity contribution in [2.75, 3.05) is 56.9 Å². The van der Waals surface area contributed by atoms with Gasteiger partial charge in [0.25, 0.3) is 0 Å². The normalized spacial score (nSPS) is 18.6. The molecule has 2 aliphatic rings. The van der Waals surface area contributed by atoms with Crippen molar-refractivity contribution in [3.8, 4) is 17.0 Å². The molecule has 0 atom stereocenters. The summed E-state index contributed by atoms with van der Waals surface area (Å²) in [7, 11) is 2.13. The maximum Gasteiger partial charge on any atom is 0.573 e. The highest BCUT2D eigenvalue weighted by atomic mass is 19.4. The first-order chi connectivity index (χ1) is 16.3. The molecule has 1 aromatic heterocycles. The molecule has 2 fully saturated rings. The summed E-state index contributed by atoms with van der Waals surface area (Å²) in [5, 5.41) is 6.83. The molecule has 0 bridgehead atoms. The predicted molar refractivity (Wildman–Crippen MR) is 127 cm³/mol. The van der Waals surface area contributed by atoms with Gasteiger partial charge in [0.2, 0.25) is 5.95 Å². The number of alkyl halides is 3. The number of anilines is 2. The van der Waals surface area contributed by atoms with E-state index in [1.165, 1.54) is 37.5 Å². The van der Waals surface area contributed by atoms with Gasteiger partial charge in [0.1, 0.15) is 11.6 Å². The van der Waals surface area contributed by atoms with Gasteiger partial charge in [-0.05, 0) is 32.0 Å². The van der Waals surface area contributed by atoms with Crippen LogP contribution in [0.2, 0.25) is 0 Å². The molecule has 0 radical (unpaired) electrons. The van der Waals surface area contributed by atoms with Gasteiger partial charge in [-0.1, -0.05) is 31.4 Å². The van der Waals surface area contributed by atoms with Crippen molar-refractivity contribution in [3.05, 3.63) is 30.3 Å². The first-order valence-electron chi connectivity index (χ1n) is 12.0. The molecule has 1 saturated carbocycles. The zero-order valence-corrected chi connectivity index (χ0v) is 19.6. The van der Waals surface area contributed by atoms with Crippen molar-refractivity contribution in [3.63, 3.8) is 0 Å². The number of benzene rings is 1. The molecule has 2 N–H and O–H groups in total. The van der Waals surface area contributed by atoms with E-state index in [1.54, 1.807) is 12.1 Å². The van der Waals surface area contributed by atoms with Crippen LogP contribution in [0.1, 0.15) is 32.1 Å². The van der Waals surface area contributed by atoms with Gasteiger partial charge in [0.15, 0.2) is 0 Å². The van der Waals surface area contributed by atoms with Crippen LogP contribution in [0.15, 0.2) is 30.3 Å². The predicted octanol–water partition coefficient (Wildman–Crippen LogP) is 4.45. The molecular formula is C24H33F3N6O. The molecule has 7 nitrogen and oxygen atoms in total. The van der Waals surface area contributed by atoms with Gasteiger partial charge in [-0.25, -0.2) is 4.98 Å². The highest BCUT2D eigenvalue weighted by molar-refractivity contribution is 5.66. The average molecular weight is 479 g/mol. The molecule has 2 aromatic rings. The Labute approximate surface area is 198 Å². The van der Waals surface area contributed by atoms with Crippen LogP contribution >= 0.6 is 0 Å². The van der Waals surface area contributed by atoms with Crippen molar-refractivity contribution >= 4 is 11.8 Å². The summed E-state index contributed by atoms with van der Waals surface area (Å²) in [6.07, 6.45) is 0.968. The molecule has 4 rings (SSSR count). The molecule has 34 heavy (non-hydrogen) atoms. The minimum Gasteiger partial charge on any atom is -0.406 e. The summed E-state index contributed by atoms with van der Waals surface area (Å²) >= 11 is 0. The lowest BCUT2D eigenvalue weighted by Crippen LogP contribution is -2.45. The minimum atomic E-state index is -4.74. The Kier molecular flexibility index (Phi) is 8.10. The van der Waals surface area contributed by atoms with Gasteiger partial charge in [-0.15, -0.1) is 13.2 Å². The summed E-state index contributed by atoms with van der Waals surface area (Å²) in [5.41, 5.74) is 1.08. The van der Waals surface area contributed by atoms with E-state index in [9.17, 15) is 13.2 Å². The van der Waals surface area contributed by atoms with Crippen molar-refractivity contribution in [2.24, 2.45) is 0 Å². The van der Waals surface area contributed by atoms with E-state index < -0.39 is 6.36 Å². The first kappa shape index (κ1) is 24.5. The fourth-order valence-electron chi connectivity index (χ4n) is 4.45. The van der Waals surface area contributed by atoms with E-state index in [0.717, 1.165) is 52.1 Å². The summed E-state index contributed by atoms with van der Waals surface area (Å²) in [6.45, 7) is 5.81. The molecule has 0 spiro atoms. The van der Waals surface area contributed by atoms with Gasteiger partial charge < -0.3 is 20.3 Å². The van der Waals surface area contributed by atoms with Gasteiger partial charge in [-0.3, -0.25) is 4.90 Å². The monoisotopic (exact) mass is 478 g/mol. The standard InChI is InChI=1S/C24H33F3N6O/c1-32-12-14-33(15-13-32)11-10-28-22-17-21(18-6-5-9-20(16-18)34-24(25,26)27)30-23(31-22)29-19-7-3-2-4-8-19/h5-6,9,16-17,19H,2-4,7-8,10-15H2,1H3,(H2,28,29,30,31). The lowest BCUT2D eigenvalue weighted by Gasteiger charge is -2.32. The van der Waals surface area contributed by atoms with Crippen LogP contribution in [-0.4, -0.2) is 78.5 Å². The zero-order valence-electron chi connectivity index (χ0n) is 19.6. The van der Waals surface area contributed by atoms with Gasteiger partial charge in [-0.2, -0.15) is 4.98 Å². The van der Waals surface area contributed by atoms with E-state index in [1.807, 2.05) is 0 Å². The second-order valence-corrected chi connectivity index (χ2v) is 9.09. The van der Waals surface area contributed by atoms with E-state index in [4.69, 9.17) is 0 Å². The smallest absolute Gasteiger partial charge is 0.406 e. The molecule has 1 aliphatic carbocycles. The summed E-state index contributed by atoms with van der Waals surface area (Å²) in [6, 6.07) is 7.99. The fourth-order valence-corrected chi connectivity index (χ4v) is 4.45. The second kappa shape index (κ2) is 11.2. The lowest BCUT2D eigenvalue weighted by molar-refractivity contribution is -0.274. The van der Waals surface area contributed by atoms with Crippen LogP contribution in [-0.2, 0) is 0 Å². The van der Waals surface area contributed by atoms with Crippen LogP contribution in [0, 0.1) is 0 Å². The quantitative estimate of drug-likeness (QED) is 0.581. The van der Waals surface area contributed by atoms with Gasteiger partial charge >= 0.3 is 6.36 Å². The third kappa shape index (κ3) is 7.46. The molecular weight excluding hydrogens is 445 g/mol. The van der Waals surface area contributed by atoms with Crippen LogP contribution in [0.4, 0.5) is 24.9 Å². The maximum absolute atomic E-state index is 12.7. The van der Waals surface area contributed by atoms with E-state index >= 15 is 0 Å². The molecule has 0 unspecified atom stereocenters. The highest BCUT2D eigenvalue weighted by Crippen LogP contribution is 2.29. The third-order valence-corrected chi connectivity index (χ3v) is 6.36. The van der Waals surface area contributed by atoms with Crippen molar-refractivity contribution < 1.29 is 17.9 Å². The largest absolute Gasteiger partial charge is 0.573 e. The summed E-state index contributed by atoms with van der Waals surface area (Å²) in [4.78, 5) is 14.0. The maximum atomic E-state index is 12.7. The van der Waals surface area contributed by atoms with Crippen molar-refractivity contribution in [1.29, 1.82) is 0 Å². The molecule has 186 valence electrons. The summed E-state index contributed by atoms with van der Waals surface area (Å²) in [5.74, 6) is 0.878. The lowest BCUT2D eigenvalue weighted by atomic mass is 9.96. The first-order valence-corrected chi connectivity index (χ1v) is 12.0. The van der Waals surface area contributed by atoms with E-state index in [0.29, 0.717) is 29.1 Å². The molecule has 1 aromatic carbocycles. The van der Waals surface area contributed by atoms with Crippen LogP contribution in [0.3, 0.4) is 0 Å². The van der Waals surface area contributed by atoms with Crippen LogP contribution in [0.5, 0.6) is 5.75 Å². The number of aromatic nitrogens is 2. The number of piperazine rings is 1. The molecule has 0 amide bonds. The van der Waals surface area contributed by atoms with Crippen molar-refractivity contribution in [2.45, 2.75) is 44.5 Å². The number of hydrogen-bond acceptors (Lipinski definition) is 7. The Morgan fingerprint density at radius 3 is 2.53 bits per heavy atom.